The number of piperidine rings is 1. The highest BCUT2D eigenvalue weighted by atomic mass is 35.5. The molecular formula is C33H35BClN3O4. The predicted molar refractivity (Wildman–Crippen MR) is 172 cm³/mol. The zero-order valence-corrected chi connectivity index (χ0v) is 25.4. The van der Waals surface area contributed by atoms with E-state index in [1.165, 1.54) is 0 Å². The fraction of sp³-hybridized carbons (Fsp3) is 0.333. The Hall–Kier alpha value is -3.75. The Kier molecular flexibility index (Phi) is 7.31. The van der Waals surface area contributed by atoms with Gasteiger partial charge in [-0.15, -0.1) is 5.16 Å². The van der Waals surface area contributed by atoms with Gasteiger partial charge in [0.2, 0.25) is 5.88 Å². The van der Waals surface area contributed by atoms with Crippen LogP contribution in [0, 0.1) is 19.3 Å². The van der Waals surface area contributed by atoms with Gasteiger partial charge in [-0.05, 0) is 86.1 Å². The van der Waals surface area contributed by atoms with Crippen molar-refractivity contribution in [2.45, 2.75) is 53.5 Å². The Bertz CT molecular complexity index is 1770. The van der Waals surface area contributed by atoms with Crippen LogP contribution in [0.25, 0.3) is 22.1 Å². The minimum atomic E-state index is -1.09. The Morgan fingerprint density at radius 2 is 1.86 bits per heavy atom. The molecule has 0 saturated carbocycles. The summed E-state index contributed by atoms with van der Waals surface area (Å²) in [6, 6.07) is 15.3. The summed E-state index contributed by atoms with van der Waals surface area (Å²) in [6.07, 6.45) is 3.69. The third-order valence-corrected chi connectivity index (χ3v) is 8.84. The Morgan fingerprint density at radius 1 is 1.10 bits per heavy atom. The molecule has 42 heavy (non-hydrogen) atoms. The molecule has 0 aliphatic carbocycles. The van der Waals surface area contributed by atoms with Crippen LogP contribution in [0.1, 0.15) is 61.9 Å². The Labute approximate surface area is 251 Å². The summed E-state index contributed by atoms with van der Waals surface area (Å²) in [5.41, 5.74) is 7.62. The van der Waals surface area contributed by atoms with Crippen molar-refractivity contribution in [3.05, 3.63) is 86.0 Å². The molecule has 2 N–H and O–H groups in total. The summed E-state index contributed by atoms with van der Waals surface area (Å²) in [4.78, 5) is 15.9. The second-order valence-electron chi connectivity index (χ2n) is 12.3. The van der Waals surface area contributed by atoms with Gasteiger partial charge in [-0.2, -0.15) is 0 Å². The molecule has 2 aliphatic rings. The van der Waals surface area contributed by atoms with E-state index in [0.29, 0.717) is 32.9 Å². The molecule has 0 bridgehead atoms. The average molecular weight is 584 g/mol. The van der Waals surface area contributed by atoms with Gasteiger partial charge in [0.05, 0.1) is 23.2 Å². The number of hydrogen-bond donors (Lipinski definition) is 2. The molecule has 1 atom stereocenters. The molecule has 1 fully saturated rings. The highest BCUT2D eigenvalue weighted by Gasteiger charge is 2.29. The minimum Gasteiger partial charge on any atom is -0.440 e. The van der Waals surface area contributed by atoms with Crippen LogP contribution in [0.3, 0.4) is 0 Å². The van der Waals surface area contributed by atoms with Gasteiger partial charge in [0.25, 0.3) is 0 Å². The van der Waals surface area contributed by atoms with Crippen molar-refractivity contribution in [1.29, 1.82) is 0 Å². The zero-order chi connectivity index (χ0) is 29.8. The van der Waals surface area contributed by atoms with Gasteiger partial charge in [0.15, 0.2) is 5.43 Å². The topological polar surface area (TPSA) is 87.3 Å². The Morgan fingerprint density at radius 3 is 2.62 bits per heavy atom. The monoisotopic (exact) mass is 583 g/mol. The van der Waals surface area contributed by atoms with E-state index < -0.39 is 7.12 Å². The second-order valence-corrected chi connectivity index (χ2v) is 12.8. The van der Waals surface area contributed by atoms with Crippen LogP contribution in [0.5, 0.6) is 0 Å². The van der Waals surface area contributed by atoms with E-state index in [1.54, 1.807) is 6.21 Å². The molecule has 0 unspecified atom stereocenters. The average Bonchev–Trinajstić information content (AvgIpc) is 2.96. The van der Waals surface area contributed by atoms with Crippen molar-refractivity contribution in [2.75, 3.05) is 23.3 Å². The third-order valence-electron chi connectivity index (χ3n) is 8.61. The second kappa shape index (κ2) is 10.8. The van der Waals surface area contributed by atoms with Crippen molar-refractivity contribution in [2.24, 2.45) is 10.6 Å². The number of oxime groups is 1. The number of fused-ring (bicyclic) bond motifs is 2. The molecule has 7 nitrogen and oxygen atoms in total. The summed E-state index contributed by atoms with van der Waals surface area (Å²) in [5.74, 6) is 0.675. The number of halogens is 1. The van der Waals surface area contributed by atoms with Gasteiger partial charge >= 0.3 is 7.12 Å². The summed E-state index contributed by atoms with van der Waals surface area (Å²) in [5, 5.41) is 18.8. The van der Waals surface area contributed by atoms with E-state index in [2.05, 4.69) is 42.2 Å². The van der Waals surface area contributed by atoms with Crippen molar-refractivity contribution in [1.82, 2.24) is 0 Å². The lowest BCUT2D eigenvalue weighted by Crippen LogP contribution is -2.38. The maximum absolute atomic E-state index is 13.7. The zero-order valence-electron chi connectivity index (χ0n) is 24.6. The third kappa shape index (κ3) is 5.29. The molecule has 0 amide bonds. The highest BCUT2D eigenvalue weighted by molar-refractivity contribution is 6.62. The van der Waals surface area contributed by atoms with E-state index in [4.69, 9.17) is 20.8 Å². The molecule has 1 aromatic heterocycles. The number of benzene rings is 3. The van der Waals surface area contributed by atoms with Crippen LogP contribution in [-0.2, 0) is 4.76 Å². The lowest BCUT2D eigenvalue weighted by molar-refractivity contribution is 0.274. The first-order chi connectivity index (χ1) is 20.0. The van der Waals surface area contributed by atoms with Crippen LogP contribution < -0.4 is 21.1 Å². The fourth-order valence-electron chi connectivity index (χ4n) is 5.97. The number of hydrogen-bond acceptors (Lipinski definition) is 7. The van der Waals surface area contributed by atoms with Gasteiger partial charge in [-0.25, -0.2) is 0 Å². The quantitative estimate of drug-likeness (QED) is 0.258. The van der Waals surface area contributed by atoms with Gasteiger partial charge in [-0.1, -0.05) is 43.6 Å². The maximum Gasteiger partial charge on any atom is 0.583 e. The molecule has 3 heterocycles. The molecule has 2 aliphatic heterocycles. The molecule has 0 radical (unpaired) electrons. The van der Waals surface area contributed by atoms with Gasteiger partial charge < -0.3 is 24.4 Å². The molecule has 6 rings (SSSR count). The SMILES string of the molecule is Cc1cc([C@@H](C)Nc2ccc(Cl)cc2-c2ccc3c(c2)C=NOB3O)c2oc(N3CCC(C)(C)CC3)c(C)c(=O)c2c1. The van der Waals surface area contributed by atoms with Gasteiger partial charge in [0, 0.05) is 40.4 Å². The fourth-order valence-corrected chi connectivity index (χ4v) is 6.14. The minimum absolute atomic E-state index is 0.0160. The number of rotatable bonds is 5. The number of nitrogens with one attached hydrogen (secondary N) is 1. The summed E-state index contributed by atoms with van der Waals surface area (Å²) in [6.45, 7) is 12.3. The van der Waals surface area contributed by atoms with Crippen LogP contribution in [0.15, 0.2) is 62.9 Å². The van der Waals surface area contributed by atoms with Crippen molar-refractivity contribution >= 4 is 52.9 Å². The summed E-state index contributed by atoms with van der Waals surface area (Å²) >= 11 is 6.46. The molecule has 3 aromatic carbocycles. The van der Waals surface area contributed by atoms with Gasteiger partial charge in [-0.3, -0.25) is 4.79 Å². The van der Waals surface area contributed by atoms with Crippen molar-refractivity contribution < 1.29 is 14.2 Å². The Balaban J connectivity index is 1.40. The molecule has 0 spiro atoms. The molecule has 1 saturated heterocycles. The normalized spacial score (nSPS) is 16.7. The summed E-state index contributed by atoms with van der Waals surface area (Å²) < 4.78 is 11.6. The van der Waals surface area contributed by atoms with E-state index in [0.717, 1.165) is 59.4 Å². The number of aryl methyl sites for hydroxylation is 1. The molecular weight excluding hydrogens is 549 g/mol. The van der Waals surface area contributed by atoms with E-state index in [1.807, 2.05) is 56.3 Å². The largest absolute Gasteiger partial charge is 0.583 e. The van der Waals surface area contributed by atoms with E-state index in [9.17, 15) is 9.82 Å². The lowest BCUT2D eigenvalue weighted by Gasteiger charge is -2.37. The van der Waals surface area contributed by atoms with Crippen LogP contribution in [-0.4, -0.2) is 31.4 Å². The summed E-state index contributed by atoms with van der Waals surface area (Å²) in [7, 11) is -1.09. The molecule has 9 heteroatoms. The maximum atomic E-state index is 13.7. The highest BCUT2D eigenvalue weighted by Crippen LogP contribution is 2.38. The van der Waals surface area contributed by atoms with Crippen LogP contribution in [0.2, 0.25) is 5.02 Å². The predicted octanol–water partition coefficient (Wildman–Crippen LogP) is 6.58. The van der Waals surface area contributed by atoms with Crippen LogP contribution in [0.4, 0.5) is 11.6 Å². The van der Waals surface area contributed by atoms with Crippen molar-refractivity contribution in [3.8, 4) is 11.1 Å². The van der Waals surface area contributed by atoms with Crippen molar-refractivity contribution in [3.63, 3.8) is 0 Å². The standard InChI is InChI=1S/C33H35BClN3O4/c1-19-14-25(31-27(15-19)30(39)20(2)32(41-31)38-12-10-33(4,5)11-13-38)21(3)37-29-9-7-24(35)17-26(29)22-6-8-28-23(16-22)18-36-42-34(28)40/h6-9,14-18,21,37,40H,10-13H2,1-5H3/t21-/m1/s1. The first-order valence-electron chi connectivity index (χ1n) is 14.4. The van der Waals surface area contributed by atoms with E-state index in [-0.39, 0.29) is 16.9 Å². The van der Waals surface area contributed by atoms with Crippen LogP contribution >= 0.6 is 11.6 Å². The number of nitrogens with zero attached hydrogens (tertiary/aromatic N) is 2. The molecule has 216 valence electrons. The number of anilines is 2. The lowest BCUT2D eigenvalue weighted by atomic mass is 9.75. The molecule has 4 aromatic rings. The first-order valence-corrected chi connectivity index (χ1v) is 14.8. The van der Waals surface area contributed by atoms with Gasteiger partial charge in [0.1, 0.15) is 5.58 Å². The van der Waals surface area contributed by atoms with E-state index >= 15 is 0 Å². The smallest absolute Gasteiger partial charge is 0.440 e. The first kappa shape index (κ1) is 28.4.